The van der Waals surface area contributed by atoms with E-state index in [0.29, 0.717) is 17.8 Å². The molecule has 1 aliphatic rings. The van der Waals surface area contributed by atoms with E-state index >= 15 is 0 Å². The Kier molecular flexibility index (Phi) is 2.95. The van der Waals surface area contributed by atoms with Gasteiger partial charge >= 0.3 is 0 Å². The Balaban J connectivity index is 2.73. The zero-order valence-corrected chi connectivity index (χ0v) is 9.80. The van der Waals surface area contributed by atoms with Crippen LogP contribution in [0.5, 0.6) is 0 Å². The highest BCUT2D eigenvalue weighted by Crippen LogP contribution is 2.20. The molecule has 0 saturated carbocycles. The lowest BCUT2D eigenvalue weighted by atomic mass is 10.1. The fourth-order valence-electron chi connectivity index (χ4n) is 1.75. The van der Waals surface area contributed by atoms with Gasteiger partial charge in [-0.2, -0.15) is 9.09 Å². The molecule has 2 rings (SSSR count). The van der Waals surface area contributed by atoms with Crippen LogP contribution in [0.1, 0.15) is 6.42 Å². The van der Waals surface area contributed by atoms with E-state index in [4.69, 9.17) is 13.1 Å². The summed E-state index contributed by atoms with van der Waals surface area (Å²) in [5.41, 5.74) is 2.06. The molecule has 0 N–H and O–H groups in total. The average molecular weight is 235 g/mol. The fraction of sp³-hybridized carbons (Fsp3) is 0.0714. The highest BCUT2D eigenvalue weighted by molar-refractivity contribution is 5.49. The third-order valence-corrected chi connectivity index (χ3v) is 2.73. The van der Waals surface area contributed by atoms with Gasteiger partial charge in [0.15, 0.2) is 17.6 Å². The monoisotopic (exact) mass is 235 g/mol. The molecule has 18 heavy (non-hydrogen) atoms. The normalized spacial score (nSPS) is 17.2. The molecule has 0 saturated heterocycles. The van der Waals surface area contributed by atoms with Crippen molar-refractivity contribution in [2.75, 3.05) is 0 Å². The summed E-state index contributed by atoms with van der Waals surface area (Å²) in [5, 5.41) is 0.795. The maximum absolute atomic E-state index is 7.06. The number of hydrogen-bond acceptors (Lipinski definition) is 0. The SMILES string of the molecule is [C-]#[N+]C1=C[CH-][N+](=C)/C(=c2/cc([N+]#[C-])cc[n+]2=C)C1. The summed E-state index contributed by atoms with van der Waals surface area (Å²) < 4.78 is 3.39. The van der Waals surface area contributed by atoms with Crippen LogP contribution in [0, 0.1) is 26.4 Å². The van der Waals surface area contributed by atoms with Crippen LogP contribution in [-0.4, -0.2) is 11.3 Å². The zero-order valence-electron chi connectivity index (χ0n) is 9.80. The van der Waals surface area contributed by atoms with Gasteiger partial charge in [-0.25, -0.2) is 4.85 Å². The molecule has 4 nitrogen and oxygen atoms in total. The first-order valence-corrected chi connectivity index (χ1v) is 5.27. The minimum Gasteiger partial charge on any atom is -0.292 e. The molecule has 86 valence electrons. The molecule has 2 heterocycles. The fourth-order valence-corrected chi connectivity index (χ4v) is 1.75. The molecule has 0 amide bonds. The molecule has 1 aromatic heterocycles. The van der Waals surface area contributed by atoms with Crippen molar-refractivity contribution in [2.24, 2.45) is 0 Å². The van der Waals surface area contributed by atoms with Crippen molar-refractivity contribution >= 4 is 18.1 Å². The molecular weight excluding hydrogens is 224 g/mol. The van der Waals surface area contributed by atoms with Crippen LogP contribution < -0.4 is 9.59 Å². The van der Waals surface area contributed by atoms with E-state index in [-0.39, 0.29) is 0 Å². The van der Waals surface area contributed by atoms with E-state index in [1.54, 1.807) is 39.8 Å². The van der Waals surface area contributed by atoms with Gasteiger partial charge in [0, 0.05) is 18.2 Å². The number of pyridine rings is 1. The topological polar surface area (TPSA) is 17.6 Å². The highest BCUT2D eigenvalue weighted by Gasteiger charge is 2.20. The van der Waals surface area contributed by atoms with Crippen LogP contribution in [-0.2, 0) is 0 Å². The first-order chi connectivity index (χ1) is 8.65. The van der Waals surface area contributed by atoms with Crippen LogP contribution in [0.15, 0.2) is 30.1 Å². The van der Waals surface area contributed by atoms with Crippen LogP contribution in [0.4, 0.5) is 5.69 Å². The van der Waals surface area contributed by atoms with Crippen LogP contribution >= 0.6 is 0 Å². The van der Waals surface area contributed by atoms with Gasteiger partial charge in [-0.05, 0) is 0 Å². The first kappa shape index (κ1) is 11.6. The number of aromatic nitrogens is 1. The van der Waals surface area contributed by atoms with Crippen molar-refractivity contribution in [3.63, 3.8) is 0 Å². The minimum atomic E-state index is 0.500. The molecule has 0 atom stereocenters. The highest BCUT2D eigenvalue weighted by atomic mass is 15.0. The lowest BCUT2D eigenvalue weighted by Crippen LogP contribution is -2.39. The smallest absolute Gasteiger partial charge is 0.229 e. The predicted molar refractivity (Wildman–Crippen MR) is 67.7 cm³/mol. The number of nitrogens with zero attached hydrogens (tertiary/aromatic N) is 4. The number of rotatable bonds is 0. The van der Waals surface area contributed by atoms with Crippen molar-refractivity contribution < 1.29 is 8.82 Å². The largest absolute Gasteiger partial charge is 0.292 e. The van der Waals surface area contributed by atoms with Crippen LogP contribution in [0.2, 0.25) is 0 Å². The van der Waals surface area contributed by atoms with Gasteiger partial charge in [-0.1, -0.05) is 0 Å². The lowest BCUT2D eigenvalue weighted by molar-refractivity contribution is -0.521. The van der Waals surface area contributed by atoms with Gasteiger partial charge in [0.25, 0.3) is 0 Å². The summed E-state index contributed by atoms with van der Waals surface area (Å²) >= 11 is 0. The van der Waals surface area contributed by atoms with Gasteiger partial charge in [0.05, 0.1) is 26.3 Å². The number of hydrogen-bond donors (Lipinski definition) is 0. The summed E-state index contributed by atoms with van der Waals surface area (Å²) in [5.74, 6) is 0. The summed E-state index contributed by atoms with van der Waals surface area (Å²) in [4.78, 5) is 6.85. The molecule has 0 aliphatic carbocycles. The molecule has 0 radical (unpaired) electrons. The molecule has 1 aromatic rings. The van der Waals surface area contributed by atoms with Gasteiger partial charge in [0.2, 0.25) is 11.0 Å². The first-order valence-electron chi connectivity index (χ1n) is 5.27. The molecule has 0 bridgehead atoms. The summed E-state index contributed by atoms with van der Waals surface area (Å²) in [7, 11) is 0. The standard InChI is InChI=1S/C14H11N4/c1-15-11-5-7-17(3)13(9-11)14-10-12(16-2)6-8-18(14)4/h5-9H,3-4,10H2/q+1/b14-13-. The van der Waals surface area contributed by atoms with E-state index < -0.39 is 0 Å². The van der Waals surface area contributed by atoms with Crippen LogP contribution in [0.3, 0.4) is 0 Å². The van der Waals surface area contributed by atoms with E-state index in [1.165, 1.54) is 0 Å². The van der Waals surface area contributed by atoms with Crippen LogP contribution in [0.25, 0.3) is 15.4 Å². The predicted octanol–water partition coefficient (Wildman–Crippen LogP) is 1.35. The molecule has 0 aromatic carbocycles. The third-order valence-electron chi connectivity index (χ3n) is 2.73. The van der Waals surface area contributed by atoms with Gasteiger partial charge in [-0.15, -0.1) is 0 Å². The van der Waals surface area contributed by atoms with E-state index in [2.05, 4.69) is 23.1 Å². The molecule has 0 fully saturated rings. The van der Waals surface area contributed by atoms with E-state index in [0.717, 1.165) is 11.0 Å². The maximum atomic E-state index is 7.06. The second-order valence-electron chi connectivity index (χ2n) is 3.86. The second kappa shape index (κ2) is 4.57. The molecule has 0 spiro atoms. The summed E-state index contributed by atoms with van der Waals surface area (Å²) in [6.45, 7) is 23.6. The Bertz CT molecular complexity index is 741. The summed E-state index contributed by atoms with van der Waals surface area (Å²) in [6.07, 6.45) is 3.98. The van der Waals surface area contributed by atoms with E-state index in [9.17, 15) is 0 Å². The van der Waals surface area contributed by atoms with Gasteiger partial charge in [-0.3, -0.25) is 4.58 Å². The molecule has 1 aliphatic heterocycles. The lowest BCUT2D eigenvalue weighted by Gasteiger charge is -2.10. The minimum absolute atomic E-state index is 0.500. The van der Waals surface area contributed by atoms with Gasteiger partial charge in [0.1, 0.15) is 13.3 Å². The summed E-state index contributed by atoms with van der Waals surface area (Å²) in [6, 6.07) is 3.46. The maximum Gasteiger partial charge on any atom is 0.229 e. The molecule has 4 heteroatoms. The Labute approximate surface area is 105 Å². The van der Waals surface area contributed by atoms with Gasteiger partial charge < -0.3 is 0 Å². The quantitative estimate of drug-likeness (QED) is 0.477. The Morgan fingerprint density at radius 2 is 2.06 bits per heavy atom. The molecule has 0 unspecified atom stereocenters. The Morgan fingerprint density at radius 3 is 2.72 bits per heavy atom. The third kappa shape index (κ3) is 2.00. The van der Waals surface area contributed by atoms with Crippen molar-refractivity contribution in [2.45, 2.75) is 6.42 Å². The average Bonchev–Trinajstić information content (AvgIpc) is 2.40. The van der Waals surface area contributed by atoms with Crippen molar-refractivity contribution in [1.29, 1.82) is 0 Å². The second-order valence-corrected chi connectivity index (χ2v) is 3.86. The zero-order chi connectivity index (χ0) is 13.1. The van der Waals surface area contributed by atoms with E-state index in [1.807, 2.05) is 0 Å². The van der Waals surface area contributed by atoms with Crippen molar-refractivity contribution in [3.8, 4) is 0 Å². The van der Waals surface area contributed by atoms with Crippen molar-refractivity contribution in [1.82, 2.24) is 0 Å². The van der Waals surface area contributed by atoms with Crippen molar-refractivity contribution in [3.05, 3.63) is 71.5 Å². The Hall–Kier alpha value is -2.85. The molecular formula is C14H11N4+. The Morgan fingerprint density at radius 1 is 1.28 bits per heavy atom.